The molecule has 1 amide bonds. The van der Waals surface area contributed by atoms with Crippen molar-refractivity contribution in [3.8, 4) is 0 Å². The third-order valence-corrected chi connectivity index (χ3v) is 8.50. The Labute approximate surface area is 226 Å². The molecule has 5 N–H and O–H groups in total. The molecule has 2 saturated heterocycles. The Morgan fingerprint density at radius 3 is 2.37 bits per heavy atom. The third kappa shape index (κ3) is 6.04. The summed E-state index contributed by atoms with van der Waals surface area (Å²) >= 11 is 0. The van der Waals surface area contributed by atoms with E-state index in [1.165, 1.54) is 50.0 Å². The summed E-state index contributed by atoms with van der Waals surface area (Å²) in [6.07, 6.45) is 8.85. The van der Waals surface area contributed by atoms with E-state index in [2.05, 4.69) is 44.5 Å². The first-order valence-electron chi connectivity index (χ1n) is 14.4. The fourth-order valence-corrected chi connectivity index (χ4v) is 6.31. The smallest absolute Gasteiger partial charge is 0.271 e. The lowest BCUT2D eigenvalue weighted by Gasteiger charge is -2.38. The molecule has 1 saturated carbocycles. The molecule has 1 aromatic heterocycles. The number of carbonyl (C=O) groups excluding carboxylic acids is 1. The molecular formula is C29H43N7O2. The van der Waals surface area contributed by atoms with E-state index in [1.807, 2.05) is 13.0 Å². The summed E-state index contributed by atoms with van der Waals surface area (Å²) in [5.41, 5.74) is 9.89. The van der Waals surface area contributed by atoms with Gasteiger partial charge in [0.25, 0.3) is 5.91 Å². The van der Waals surface area contributed by atoms with Crippen molar-refractivity contribution in [3.63, 3.8) is 0 Å². The van der Waals surface area contributed by atoms with Crippen LogP contribution in [0, 0.1) is 6.92 Å². The van der Waals surface area contributed by atoms with Gasteiger partial charge in [0.1, 0.15) is 5.82 Å². The van der Waals surface area contributed by atoms with Gasteiger partial charge in [0.05, 0.1) is 11.8 Å². The van der Waals surface area contributed by atoms with Crippen LogP contribution in [0.3, 0.4) is 0 Å². The molecule has 0 bridgehead atoms. The normalized spacial score (nSPS) is 23.0. The molecule has 2 aliphatic heterocycles. The molecule has 9 nitrogen and oxygen atoms in total. The Morgan fingerprint density at radius 2 is 1.74 bits per heavy atom. The molecule has 206 valence electrons. The number of amides is 1. The largest absolute Gasteiger partial charge is 0.393 e. The van der Waals surface area contributed by atoms with Crippen LogP contribution in [0.15, 0.2) is 18.2 Å². The van der Waals surface area contributed by atoms with Crippen LogP contribution in [0.1, 0.15) is 80.0 Å². The van der Waals surface area contributed by atoms with Gasteiger partial charge in [-0.2, -0.15) is 0 Å². The van der Waals surface area contributed by atoms with Gasteiger partial charge in [0, 0.05) is 36.5 Å². The predicted molar refractivity (Wildman–Crippen MR) is 152 cm³/mol. The number of hydrogen-bond donors (Lipinski definition) is 4. The first kappa shape index (κ1) is 26.7. The molecule has 9 heteroatoms. The number of anilines is 4. The molecule has 1 aromatic carbocycles. The number of aromatic nitrogens is 2. The van der Waals surface area contributed by atoms with Gasteiger partial charge in [-0.25, -0.2) is 9.97 Å². The Hall–Kier alpha value is -2.91. The quantitative estimate of drug-likeness (QED) is 0.412. The second-order valence-corrected chi connectivity index (χ2v) is 11.2. The van der Waals surface area contributed by atoms with Crippen molar-refractivity contribution in [2.45, 2.75) is 89.8 Å². The Balaban J connectivity index is 1.31. The number of primary amides is 1. The van der Waals surface area contributed by atoms with E-state index in [1.54, 1.807) is 0 Å². The lowest BCUT2D eigenvalue weighted by Crippen LogP contribution is -2.44. The van der Waals surface area contributed by atoms with E-state index in [9.17, 15) is 9.90 Å². The predicted octanol–water partition coefficient (Wildman–Crippen LogP) is 3.97. The summed E-state index contributed by atoms with van der Waals surface area (Å²) in [5, 5.41) is 16.7. The van der Waals surface area contributed by atoms with E-state index in [0.717, 1.165) is 56.2 Å². The van der Waals surface area contributed by atoms with Crippen LogP contribution in [0.2, 0.25) is 0 Å². The number of nitrogens with two attached hydrogens (primary N) is 1. The van der Waals surface area contributed by atoms with Gasteiger partial charge < -0.3 is 31.3 Å². The minimum Gasteiger partial charge on any atom is -0.393 e. The maximum atomic E-state index is 12.3. The fourth-order valence-electron chi connectivity index (χ4n) is 6.31. The van der Waals surface area contributed by atoms with Crippen LogP contribution in [0.25, 0.3) is 0 Å². The lowest BCUT2D eigenvalue weighted by molar-refractivity contribution is 0.0996. The minimum atomic E-state index is -0.601. The fraction of sp³-hybridized carbons (Fsp3) is 0.621. The molecular weight excluding hydrogens is 478 g/mol. The van der Waals surface area contributed by atoms with Gasteiger partial charge >= 0.3 is 0 Å². The number of rotatable bonds is 8. The van der Waals surface area contributed by atoms with Crippen LogP contribution in [-0.4, -0.2) is 70.2 Å². The number of nitrogens with zero attached hydrogens (tertiary/aromatic N) is 4. The molecule has 5 rings (SSSR count). The van der Waals surface area contributed by atoms with Crippen LogP contribution in [0.5, 0.6) is 0 Å². The number of benzene rings is 1. The minimum absolute atomic E-state index is 0.150. The number of aliphatic hydroxyl groups excluding tert-OH is 1. The second kappa shape index (κ2) is 11.9. The summed E-state index contributed by atoms with van der Waals surface area (Å²) in [6, 6.07) is 7.27. The zero-order valence-electron chi connectivity index (χ0n) is 22.9. The maximum absolute atomic E-state index is 12.3. The van der Waals surface area contributed by atoms with Crippen molar-refractivity contribution in [2.24, 2.45) is 5.73 Å². The molecule has 3 heterocycles. The van der Waals surface area contributed by atoms with Gasteiger partial charge in [0.2, 0.25) is 0 Å². The second-order valence-electron chi connectivity index (χ2n) is 11.2. The number of hydrogen-bond acceptors (Lipinski definition) is 8. The highest BCUT2D eigenvalue weighted by Gasteiger charge is 2.27. The van der Waals surface area contributed by atoms with Gasteiger partial charge in [-0.05, 0) is 102 Å². The lowest BCUT2D eigenvalue weighted by atomic mass is 9.93. The SMILES string of the molecule is CCc1nc(C(N)=O)c(Nc2ccc(N3CCC(N4CCCC4)CC3)c(C)c2)nc1NC1CCC(O)CC1. The van der Waals surface area contributed by atoms with Crippen LogP contribution >= 0.6 is 0 Å². The van der Waals surface area contributed by atoms with E-state index in [-0.39, 0.29) is 17.8 Å². The number of piperidine rings is 1. The molecule has 0 radical (unpaired) electrons. The summed E-state index contributed by atoms with van der Waals surface area (Å²) < 4.78 is 0. The number of nitrogens with one attached hydrogen (secondary N) is 2. The topological polar surface area (TPSA) is 120 Å². The monoisotopic (exact) mass is 521 g/mol. The Bertz CT molecular complexity index is 1120. The van der Waals surface area contributed by atoms with Crippen LogP contribution in [-0.2, 0) is 6.42 Å². The maximum Gasteiger partial charge on any atom is 0.271 e. The summed E-state index contributed by atoms with van der Waals surface area (Å²) in [7, 11) is 0. The van der Waals surface area contributed by atoms with Gasteiger partial charge in [-0.3, -0.25) is 4.79 Å². The summed E-state index contributed by atoms with van der Waals surface area (Å²) in [4.78, 5) is 26.9. The summed E-state index contributed by atoms with van der Waals surface area (Å²) in [5.74, 6) is 0.443. The highest BCUT2D eigenvalue weighted by Crippen LogP contribution is 2.31. The van der Waals surface area contributed by atoms with E-state index in [0.29, 0.717) is 18.1 Å². The molecule has 2 aromatic rings. The molecule has 1 aliphatic carbocycles. The van der Waals surface area contributed by atoms with Crippen molar-refractivity contribution in [2.75, 3.05) is 41.7 Å². The third-order valence-electron chi connectivity index (χ3n) is 8.50. The average molecular weight is 522 g/mol. The van der Waals surface area contributed by atoms with Gasteiger partial charge in [-0.1, -0.05) is 6.92 Å². The summed E-state index contributed by atoms with van der Waals surface area (Å²) in [6.45, 7) is 8.82. The van der Waals surface area contributed by atoms with Crippen molar-refractivity contribution in [1.82, 2.24) is 14.9 Å². The van der Waals surface area contributed by atoms with Gasteiger partial charge in [-0.15, -0.1) is 0 Å². The van der Waals surface area contributed by atoms with Crippen molar-refractivity contribution in [1.29, 1.82) is 0 Å². The first-order valence-corrected chi connectivity index (χ1v) is 14.4. The first-order chi connectivity index (χ1) is 18.4. The molecule has 0 atom stereocenters. The van der Waals surface area contributed by atoms with Crippen molar-refractivity contribution in [3.05, 3.63) is 35.2 Å². The zero-order chi connectivity index (χ0) is 26.6. The molecule has 3 aliphatic rings. The van der Waals surface area contributed by atoms with Crippen LogP contribution < -0.4 is 21.3 Å². The number of carbonyl (C=O) groups is 1. The molecule has 0 unspecified atom stereocenters. The van der Waals surface area contributed by atoms with E-state index >= 15 is 0 Å². The highest BCUT2D eigenvalue weighted by molar-refractivity contribution is 5.96. The number of aliphatic hydroxyl groups is 1. The van der Waals surface area contributed by atoms with E-state index < -0.39 is 5.91 Å². The van der Waals surface area contributed by atoms with Crippen molar-refractivity contribution >= 4 is 28.9 Å². The molecule has 3 fully saturated rings. The van der Waals surface area contributed by atoms with Crippen LogP contribution in [0.4, 0.5) is 23.0 Å². The van der Waals surface area contributed by atoms with E-state index in [4.69, 9.17) is 10.7 Å². The molecule has 0 spiro atoms. The Morgan fingerprint density at radius 1 is 1.03 bits per heavy atom. The standard InChI is InChI=1S/C29H43N7O2/c1-3-24-28(31-20-6-9-23(37)10-7-20)34-29(26(33-24)27(30)38)32-21-8-11-25(19(2)18-21)36-16-12-22(13-17-36)35-14-4-5-15-35/h8,11,18,20,22-23,37H,3-7,9-10,12-17H2,1-2H3,(H2,30,38)(H2,31,32,34). The Kier molecular flexibility index (Phi) is 8.33. The number of likely N-dealkylation sites (tertiary alicyclic amines) is 1. The zero-order valence-corrected chi connectivity index (χ0v) is 22.9. The number of aryl methyl sites for hydroxylation is 2. The van der Waals surface area contributed by atoms with Gasteiger partial charge in [0.15, 0.2) is 11.5 Å². The average Bonchev–Trinajstić information content (AvgIpc) is 3.45. The molecule has 38 heavy (non-hydrogen) atoms. The highest BCUT2D eigenvalue weighted by atomic mass is 16.3. The van der Waals surface area contributed by atoms with Crippen molar-refractivity contribution < 1.29 is 9.90 Å².